The van der Waals surface area contributed by atoms with E-state index >= 15 is 0 Å². The number of aryl methyl sites for hydroxylation is 1. The lowest BCUT2D eigenvalue weighted by molar-refractivity contribution is 0.303. The standard InChI is InChI=1S/C16H23NO/c1-11-9-15(7-8-16(11)18)17-14-4-2-3-13(10-14)12-5-6-12/h7-9,12-14,17-18H,2-6,10H2,1H3. The lowest BCUT2D eigenvalue weighted by atomic mass is 9.82. The van der Waals surface area contributed by atoms with Gasteiger partial charge in [0.2, 0.25) is 0 Å². The highest BCUT2D eigenvalue weighted by molar-refractivity contribution is 5.50. The highest BCUT2D eigenvalue weighted by Gasteiger charge is 2.34. The van der Waals surface area contributed by atoms with E-state index in [4.69, 9.17) is 0 Å². The van der Waals surface area contributed by atoms with Crippen LogP contribution in [0.15, 0.2) is 18.2 Å². The average molecular weight is 245 g/mol. The van der Waals surface area contributed by atoms with Crippen molar-refractivity contribution in [2.75, 3.05) is 5.32 Å². The van der Waals surface area contributed by atoms with Crippen molar-refractivity contribution < 1.29 is 5.11 Å². The molecule has 98 valence electrons. The fraction of sp³-hybridized carbons (Fsp3) is 0.625. The molecule has 18 heavy (non-hydrogen) atoms. The minimum Gasteiger partial charge on any atom is -0.508 e. The largest absolute Gasteiger partial charge is 0.508 e. The van der Waals surface area contributed by atoms with Crippen LogP contribution in [0.1, 0.15) is 44.1 Å². The Bertz CT molecular complexity index is 425. The predicted octanol–water partition coefficient (Wildman–Crippen LogP) is 4.08. The van der Waals surface area contributed by atoms with Crippen LogP contribution in [0.25, 0.3) is 0 Å². The van der Waals surface area contributed by atoms with Crippen molar-refractivity contribution in [1.29, 1.82) is 0 Å². The van der Waals surface area contributed by atoms with E-state index < -0.39 is 0 Å². The summed E-state index contributed by atoms with van der Waals surface area (Å²) in [4.78, 5) is 0. The molecule has 2 heteroatoms. The smallest absolute Gasteiger partial charge is 0.118 e. The molecule has 2 unspecified atom stereocenters. The van der Waals surface area contributed by atoms with Gasteiger partial charge in [-0.2, -0.15) is 0 Å². The van der Waals surface area contributed by atoms with Gasteiger partial charge in [-0.25, -0.2) is 0 Å². The first-order valence-electron chi connectivity index (χ1n) is 7.28. The van der Waals surface area contributed by atoms with Crippen molar-refractivity contribution in [2.45, 2.75) is 51.5 Å². The van der Waals surface area contributed by atoms with Gasteiger partial charge in [-0.05, 0) is 68.2 Å². The molecule has 2 nitrogen and oxygen atoms in total. The molecule has 1 aromatic rings. The van der Waals surface area contributed by atoms with Crippen LogP contribution in [0.5, 0.6) is 5.75 Å². The third-order valence-electron chi connectivity index (χ3n) is 4.57. The fourth-order valence-corrected chi connectivity index (χ4v) is 3.34. The average Bonchev–Trinajstić information content (AvgIpc) is 3.18. The second kappa shape index (κ2) is 4.83. The Hall–Kier alpha value is -1.18. The summed E-state index contributed by atoms with van der Waals surface area (Å²) in [7, 11) is 0. The summed E-state index contributed by atoms with van der Waals surface area (Å²) in [5.74, 6) is 2.39. The van der Waals surface area contributed by atoms with Crippen molar-refractivity contribution in [2.24, 2.45) is 11.8 Å². The van der Waals surface area contributed by atoms with E-state index in [0.717, 1.165) is 23.1 Å². The van der Waals surface area contributed by atoms with Crippen LogP contribution in [-0.2, 0) is 0 Å². The summed E-state index contributed by atoms with van der Waals surface area (Å²) >= 11 is 0. The third kappa shape index (κ3) is 2.63. The van der Waals surface area contributed by atoms with E-state index in [1.807, 2.05) is 13.0 Å². The molecule has 0 aromatic heterocycles. The van der Waals surface area contributed by atoms with Crippen LogP contribution in [0.2, 0.25) is 0 Å². The first-order valence-corrected chi connectivity index (χ1v) is 7.28. The maximum absolute atomic E-state index is 9.54. The van der Waals surface area contributed by atoms with Gasteiger partial charge in [0.05, 0.1) is 0 Å². The highest BCUT2D eigenvalue weighted by Crippen LogP contribution is 2.44. The first kappa shape index (κ1) is 11.9. The van der Waals surface area contributed by atoms with E-state index in [-0.39, 0.29) is 0 Å². The molecule has 0 aliphatic heterocycles. The zero-order valence-corrected chi connectivity index (χ0v) is 11.2. The molecule has 0 amide bonds. The highest BCUT2D eigenvalue weighted by atomic mass is 16.3. The molecule has 2 aliphatic rings. The Morgan fingerprint density at radius 1 is 1.11 bits per heavy atom. The number of nitrogens with one attached hydrogen (secondary N) is 1. The Balaban J connectivity index is 1.62. The van der Waals surface area contributed by atoms with Crippen LogP contribution in [0, 0.1) is 18.8 Å². The lowest BCUT2D eigenvalue weighted by Gasteiger charge is -2.30. The zero-order valence-electron chi connectivity index (χ0n) is 11.2. The predicted molar refractivity (Wildman–Crippen MR) is 74.9 cm³/mol. The first-order chi connectivity index (χ1) is 8.72. The summed E-state index contributed by atoms with van der Waals surface area (Å²) in [5, 5.41) is 13.2. The van der Waals surface area contributed by atoms with Gasteiger partial charge < -0.3 is 10.4 Å². The normalized spacial score (nSPS) is 28.1. The molecule has 0 radical (unpaired) electrons. The molecule has 2 N–H and O–H groups in total. The molecular weight excluding hydrogens is 222 g/mol. The third-order valence-corrected chi connectivity index (χ3v) is 4.57. The van der Waals surface area contributed by atoms with Gasteiger partial charge in [-0.15, -0.1) is 0 Å². The van der Waals surface area contributed by atoms with Crippen LogP contribution in [-0.4, -0.2) is 11.1 Å². The topological polar surface area (TPSA) is 32.3 Å². The number of phenols is 1. The maximum atomic E-state index is 9.54. The summed E-state index contributed by atoms with van der Waals surface area (Å²) in [6.45, 7) is 1.95. The monoisotopic (exact) mass is 245 g/mol. The zero-order chi connectivity index (χ0) is 12.5. The number of phenolic OH excluding ortho intramolecular Hbond substituents is 1. The molecule has 0 bridgehead atoms. The number of aromatic hydroxyl groups is 1. The van der Waals surface area contributed by atoms with Crippen molar-refractivity contribution in [3.05, 3.63) is 23.8 Å². The van der Waals surface area contributed by atoms with Crippen molar-refractivity contribution in [1.82, 2.24) is 0 Å². The summed E-state index contributed by atoms with van der Waals surface area (Å²) < 4.78 is 0. The second-order valence-electron chi connectivity index (χ2n) is 6.11. The van der Waals surface area contributed by atoms with Crippen molar-refractivity contribution in [3.8, 4) is 5.75 Å². The summed E-state index contributed by atoms with van der Waals surface area (Å²) in [6, 6.07) is 6.46. The van der Waals surface area contributed by atoms with E-state index in [2.05, 4.69) is 11.4 Å². The van der Waals surface area contributed by atoms with Crippen molar-refractivity contribution in [3.63, 3.8) is 0 Å². The maximum Gasteiger partial charge on any atom is 0.118 e. The fourth-order valence-electron chi connectivity index (χ4n) is 3.34. The number of benzene rings is 1. The molecule has 0 saturated heterocycles. The van der Waals surface area contributed by atoms with Crippen LogP contribution in [0.3, 0.4) is 0 Å². The second-order valence-corrected chi connectivity index (χ2v) is 6.11. The summed E-state index contributed by atoms with van der Waals surface area (Å²) in [6.07, 6.45) is 8.38. The van der Waals surface area contributed by atoms with Crippen molar-refractivity contribution >= 4 is 5.69 Å². The minimum atomic E-state index is 0.389. The minimum absolute atomic E-state index is 0.389. The molecule has 1 aromatic carbocycles. The molecule has 2 atom stereocenters. The van der Waals surface area contributed by atoms with E-state index in [0.29, 0.717) is 11.8 Å². The van der Waals surface area contributed by atoms with Gasteiger partial charge in [0.1, 0.15) is 5.75 Å². The molecule has 2 saturated carbocycles. The van der Waals surface area contributed by atoms with Crippen LogP contribution < -0.4 is 5.32 Å². The van der Waals surface area contributed by atoms with E-state index in [1.165, 1.54) is 38.5 Å². The van der Waals surface area contributed by atoms with Gasteiger partial charge >= 0.3 is 0 Å². The molecule has 2 fully saturated rings. The van der Waals surface area contributed by atoms with E-state index in [1.54, 1.807) is 6.07 Å². The summed E-state index contributed by atoms with van der Waals surface area (Å²) in [5.41, 5.74) is 2.11. The molecule has 3 rings (SSSR count). The SMILES string of the molecule is Cc1cc(NC2CCCC(C3CC3)C2)ccc1O. The number of hydrogen-bond acceptors (Lipinski definition) is 2. The number of anilines is 1. The quantitative estimate of drug-likeness (QED) is 0.786. The Morgan fingerprint density at radius 3 is 2.67 bits per heavy atom. The van der Waals surface area contributed by atoms with Gasteiger partial charge in [-0.1, -0.05) is 12.8 Å². The molecule has 0 heterocycles. The molecular formula is C16H23NO. The number of hydrogen-bond donors (Lipinski definition) is 2. The molecule has 2 aliphatic carbocycles. The number of rotatable bonds is 3. The lowest BCUT2D eigenvalue weighted by Crippen LogP contribution is -2.28. The van der Waals surface area contributed by atoms with E-state index in [9.17, 15) is 5.11 Å². The van der Waals surface area contributed by atoms with Crippen LogP contribution in [0.4, 0.5) is 5.69 Å². The van der Waals surface area contributed by atoms with Gasteiger partial charge in [0.15, 0.2) is 0 Å². The van der Waals surface area contributed by atoms with Gasteiger partial charge in [0.25, 0.3) is 0 Å². The van der Waals surface area contributed by atoms with Gasteiger partial charge in [0, 0.05) is 11.7 Å². The van der Waals surface area contributed by atoms with Gasteiger partial charge in [-0.3, -0.25) is 0 Å². The van der Waals surface area contributed by atoms with Crippen LogP contribution >= 0.6 is 0 Å². The molecule has 0 spiro atoms. The Kier molecular flexibility index (Phi) is 3.19. The Labute approximate surface area is 109 Å². The Morgan fingerprint density at radius 2 is 1.94 bits per heavy atom.